The van der Waals surface area contributed by atoms with Gasteiger partial charge in [-0.15, -0.1) is 0 Å². The summed E-state index contributed by atoms with van der Waals surface area (Å²) in [7, 11) is 0. The number of nitrogens with zero attached hydrogens (tertiary/aromatic N) is 1. The number of epoxide rings is 1. The summed E-state index contributed by atoms with van der Waals surface area (Å²) in [5, 5.41) is 0. The third-order valence-electron chi connectivity index (χ3n) is 3.24. The van der Waals surface area contributed by atoms with Crippen molar-refractivity contribution < 1.29 is 19.0 Å². The van der Waals surface area contributed by atoms with E-state index in [1.54, 1.807) is 4.90 Å². The zero-order valence-electron chi connectivity index (χ0n) is 10.9. The van der Waals surface area contributed by atoms with Gasteiger partial charge in [-0.3, -0.25) is 4.79 Å². The van der Waals surface area contributed by atoms with Crippen LogP contribution in [0.2, 0.25) is 0 Å². The Balaban J connectivity index is 1.77. The Morgan fingerprint density at radius 1 is 1.53 bits per heavy atom. The van der Waals surface area contributed by atoms with Gasteiger partial charge in [-0.2, -0.15) is 0 Å². The van der Waals surface area contributed by atoms with Crippen LogP contribution in [-0.4, -0.2) is 38.4 Å². The van der Waals surface area contributed by atoms with Gasteiger partial charge < -0.3 is 19.1 Å². The van der Waals surface area contributed by atoms with E-state index in [1.807, 2.05) is 25.1 Å². The summed E-state index contributed by atoms with van der Waals surface area (Å²) in [5.41, 5.74) is 0.827. The number of hydrogen-bond donors (Lipinski definition) is 0. The van der Waals surface area contributed by atoms with E-state index in [-0.39, 0.29) is 12.0 Å². The summed E-state index contributed by atoms with van der Waals surface area (Å²) < 4.78 is 16.3. The molecule has 5 heteroatoms. The predicted octanol–water partition coefficient (Wildman–Crippen LogP) is 1.60. The molecule has 5 nitrogen and oxygen atoms in total. The first-order valence-electron chi connectivity index (χ1n) is 6.59. The summed E-state index contributed by atoms with van der Waals surface area (Å²) >= 11 is 0. The molecule has 0 aromatic heterocycles. The van der Waals surface area contributed by atoms with Gasteiger partial charge in [0, 0.05) is 12.5 Å². The van der Waals surface area contributed by atoms with Gasteiger partial charge in [-0.1, -0.05) is 6.92 Å². The molecular weight excluding hydrogens is 246 g/mol. The van der Waals surface area contributed by atoms with Gasteiger partial charge in [0.15, 0.2) is 0 Å². The van der Waals surface area contributed by atoms with Crippen molar-refractivity contribution in [2.24, 2.45) is 0 Å². The minimum absolute atomic E-state index is 0.115. The number of rotatable bonds is 4. The normalized spacial score (nSPS) is 20.5. The second kappa shape index (κ2) is 5.09. The average Bonchev–Trinajstić information content (AvgIpc) is 3.27. The lowest BCUT2D eigenvalue weighted by Gasteiger charge is -2.29. The van der Waals surface area contributed by atoms with E-state index >= 15 is 0 Å². The Kier molecular flexibility index (Phi) is 3.29. The molecule has 1 unspecified atom stereocenters. The molecular formula is C14H17NO4. The highest BCUT2D eigenvalue weighted by molar-refractivity contribution is 5.95. The maximum Gasteiger partial charge on any atom is 0.226 e. The number of carbonyl (C=O) groups is 1. The molecule has 2 heterocycles. The molecule has 0 spiro atoms. The number of fused-ring (bicyclic) bond motifs is 1. The van der Waals surface area contributed by atoms with E-state index in [1.165, 1.54) is 0 Å². The van der Waals surface area contributed by atoms with E-state index < -0.39 is 0 Å². The lowest BCUT2D eigenvalue weighted by Crippen LogP contribution is -2.37. The fourth-order valence-electron chi connectivity index (χ4n) is 2.09. The van der Waals surface area contributed by atoms with Gasteiger partial charge in [-0.05, 0) is 12.1 Å². The molecule has 1 saturated heterocycles. The predicted molar refractivity (Wildman–Crippen MR) is 69.8 cm³/mol. The van der Waals surface area contributed by atoms with E-state index in [0.717, 1.165) is 18.0 Å². The number of anilines is 1. The number of ether oxygens (including phenoxy) is 3. The zero-order valence-corrected chi connectivity index (χ0v) is 10.9. The first kappa shape index (κ1) is 12.3. The molecule has 19 heavy (non-hydrogen) atoms. The smallest absolute Gasteiger partial charge is 0.226 e. The van der Waals surface area contributed by atoms with Gasteiger partial charge in [0.2, 0.25) is 5.91 Å². The Bertz CT molecular complexity index is 484. The van der Waals surface area contributed by atoms with Crippen molar-refractivity contribution in [1.29, 1.82) is 0 Å². The van der Waals surface area contributed by atoms with Crippen LogP contribution in [0.25, 0.3) is 0 Å². The van der Waals surface area contributed by atoms with Gasteiger partial charge in [0.1, 0.15) is 30.8 Å². The molecule has 3 rings (SSSR count). The molecule has 1 aromatic carbocycles. The van der Waals surface area contributed by atoms with Crippen LogP contribution in [0.4, 0.5) is 5.69 Å². The SMILES string of the molecule is CCC(=O)N1CCOc2cc(OCC3CO3)ccc21. The molecule has 0 bridgehead atoms. The monoisotopic (exact) mass is 263 g/mol. The van der Waals surface area contributed by atoms with Crippen molar-refractivity contribution in [2.45, 2.75) is 19.4 Å². The standard InChI is InChI=1S/C14H17NO4/c1-2-14(16)15-5-6-17-13-7-10(3-4-12(13)15)18-8-11-9-19-11/h3-4,7,11H,2,5-6,8-9H2,1H3. The van der Waals surface area contributed by atoms with E-state index in [4.69, 9.17) is 14.2 Å². The maximum atomic E-state index is 11.9. The minimum atomic E-state index is 0.115. The molecule has 1 atom stereocenters. The van der Waals surface area contributed by atoms with Crippen molar-refractivity contribution in [3.8, 4) is 11.5 Å². The topological polar surface area (TPSA) is 51.3 Å². The summed E-state index contributed by atoms with van der Waals surface area (Å²) in [4.78, 5) is 13.6. The van der Waals surface area contributed by atoms with Gasteiger partial charge >= 0.3 is 0 Å². The van der Waals surface area contributed by atoms with E-state index in [2.05, 4.69) is 0 Å². The summed E-state index contributed by atoms with van der Waals surface area (Å²) in [6, 6.07) is 5.59. The highest BCUT2D eigenvalue weighted by atomic mass is 16.6. The Hall–Kier alpha value is -1.75. The number of amides is 1. The van der Waals surface area contributed by atoms with Crippen LogP contribution in [-0.2, 0) is 9.53 Å². The van der Waals surface area contributed by atoms with Crippen molar-refractivity contribution in [2.75, 3.05) is 31.3 Å². The molecule has 1 aromatic rings. The Morgan fingerprint density at radius 3 is 3.11 bits per heavy atom. The molecule has 1 amide bonds. The van der Waals surface area contributed by atoms with E-state index in [9.17, 15) is 4.79 Å². The summed E-state index contributed by atoms with van der Waals surface area (Å²) in [6.45, 7) is 4.34. The van der Waals surface area contributed by atoms with Crippen LogP contribution in [0.1, 0.15) is 13.3 Å². The molecule has 102 valence electrons. The van der Waals surface area contributed by atoms with Gasteiger partial charge in [-0.25, -0.2) is 0 Å². The van der Waals surface area contributed by atoms with Crippen molar-refractivity contribution in [3.05, 3.63) is 18.2 Å². The number of carbonyl (C=O) groups excluding carboxylic acids is 1. The largest absolute Gasteiger partial charge is 0.491 e. The lowest BCUT2D eigenvalue weighted by molar-refractivity contribution is -0.118. The van der Waals surface area contributed by atoms with Crippen molar-refractivity contribution in [3.63, 3.8) is 0 Å². The molecule has 0 aliphatic carbocycles. The van der Waals surface area contributed by atoms with Gasteiger partial charge in [0.25, 0.3) is 0 Å². The minimum Gasteiger partial charge on any atom is -0.491 e. The van der Waals surface area contributed by atoms with Crippen LogP contribution in [0, 0.1) is 0 Å². The Morgan fingerprint density at radius 2 is 2.37 bits per heavy atom. The lowest BCUT2D eigenvalue weighted by atomic mass is 10.2. The van der Waals surface area contributed by atoms with Crippen LogP contribution >= 0.6 is 0 Å². The van der Waals surface area contributed by atoms with Crippen LogP contribution in [0.15, 0.2) is 18.2 Å². The first-order chi connectivity index (χ1) is 9.28. The third kappa shape index (κ3) is 2.66. The molecule has 2 aliphatic heterocycles. The number of hydrogen-bond acceptors (Lipinski definition) is 4. The molecule has 0 saturated carbocycles. The summed E-state index contributed by atoms with van der Waals surface area (Å²) in [6.07, 6.45) is 0.728. The second-order valence-electron chi connectivity index (χ2n) is 4.64. The van der Waals surface area contributed by atoms with E-state index in [0.29, 0.717) is 31.9 Å². The third-order valence-corrected chi connectivity index (χ3v) is 3.24. The molecule has 0 radical (unpaired) electrons. The zero-order chi connectivity index (χ0) is 13.2. The highest BCUT2D eigenvalue weighted by Crippen LogP contribution is 2.35. The van der Waals surface area contributed by atoms with Gasteiger partial charge in [0.05, 0.1) is 18.8 Å². The highest BCUT2D eigenvalue weighted by Gasteiger charge is 2.25. The molecule has 1 fully saturated rings. The quantitative estimate of drug-likeness (QED) is 0.774. The molecule has 0 N–H and O–H groups in total. The van der Waals surface area contributed by atoms with Crippen LogP contribution in [0.3, 0.4) is 0 Å². The van der Waals surface area contributed by atoms with Crippen molar-refractivity contribution >= 4 is 11.6 Å². The molecule has 2 aliphatic rings. The maximum absolute atomic E-state index is 11.9. The first-order valence-corrected chi connectivity index (χ1v) is 6.59. The summed E-state index contributed by atoms with van der Waals surface area (Å²) in [5.74, 6) is 1.58. The Labute approximate surface area is 112 Å². The van der Waals surface area contributed by atoms with Crippen molar-refractivity contribution in [1.82, 2.24) is 0 Å². The second-order valence-corrected chi connectivity index (χ2v) is 4.64. The fourth-order valence-corrected chi connectivity index (χ4v) is 2.09. The average molecular weight is 263 g/mol. The fraction of sp³-hybridized carbons (Fsp3) is 0.500. The number of benzene rings is 1. The van der Waals surface area contributed by atoms with Crippen LogP contribution < -0.4 is 14.4 Å². The van der Waals surface area contributed by atoms with Crippen LogP contribution in [0.5, 0.6) is 11.5 Å².